The van der Waals surface area contributed by atoms with Crippen molar-refractivity contribution >= 4 is 0 Å². The molecule has 0 rings (SSSR count). The summed E-state index contributed by atoms with van der Waals surface area (Å²) in [5.74, 6) is 0.643. The van der Waals surface area contributed by atoms with Crippen LogP contribution in [0, 0.1) is 0 Å². The zero-order valence-corrected chi connectivity index (χ0v) is 5.46. The van der Waals surface area contributed by atoms with E-state index >= 15 is 0 Å². The Morgan fingerprint density at radius 3 is 2.44 bits per heavy atom. The van der Waals surface area contributed by atoms with E-state index in [2.05, 4.69) is 17.9 Å². The molecule has 0 aromatic rings. The minimum absolute atomic E-state index is 0.643. The number of allylic oxidation sites excluding steroid dienone is 1. The van der Waals surface area contributed by atoms with Crippen molar-refractivity contribution in [2.75, 3.05) is 0 Å². The van der Waals surface area contributed by atoms with Gasteiger partial charge >= 0.3 is 0 Å². The van der Waals surface area contributed by atoms with Gasteiger partial charge in [-0.15, -0.1) is 0 Å². The minimum atomic E-state index is 0.643. The Bertz CT molecular complexity index is 125. The third-order valence-corrected chi connectivity index (χ3v) is 0.599. The Labute approximate surface area is 55.1 Å². The summed E-state index contributed by atoms with van der Waals surface area (Å²) in [6, 6.07) is 0. The van der Waals surface area contributed by atoms with Crippen LogP contribution in [-0.4, -0.2) is 0 Å². The summed E-state index contributed by atoms with van der Waals surface area (Å²) in [5, 5.41) is 0. The minimum Gasteiger partial charge on any atom is -0.470 e. The fourth-order valence-corrected chi connectivity index (χ4v) is 0.303. The molecular weight excluding hydrogens is 116 g/mol. The predicted octanol–water partition coefficient (Wildman–Crippen LogP) is 2.17. The molecule has 0 saturated carbocycles. The van der Waals surface area contributed by atoms with Crippen molar-refractivity contribution in [1.29, 1.82) is 0 Å². The van der Waals surface area contributed by atoms with E-state index in [0.717, 1.165) is 0 Å². The highest BCUT2D eigenvalue weighted by molar-refractivity contribution is 4.84. The van der Waals surface area contributed by atoms with Crippen LogP contribution in [0.2, 0.25) is 0 Å². The molecule has 0 aliphatic rings. The highest BCUT2D eigenvalue weighted by atomic mass is 16.5. The maximum Gasteiger partial charge on any atom is 0.135 e. The maximum absolute atomic E-state index is 4.80. The summed E-state index contributed by atoms with van der Waals surface area (Å²) < 4.78 is 9.47. The van der Waals surface area contributed by atoms with E-state index in [1.165, 1.54) is 18.8 Å². The van der Waals surface area contributed by atoms with Crippen LogP contribution >= 0.6 is 0 Å². The van der Waals surface area contributed by atoms with E-state index in [4.69, 9.17) is 4.74 Å². The lowest BCUT2D eigenvalue weighted by molar-refractivity contribution is 0.310. The first-order valence-electron chi connectivity index (χ1n) is 2.52. The number of hydrogen-bond acceptors (Lipinski definition) is 2. The van der Waals surface area contributed by atoms with Crippen LogP contribution in [0.3, 0.4) is 0 Å². The summed E-state index contributed by atoms with van der Waals surface area (Å²) in [6.45, 7) is 8.46. The third kappa shape index (κ3) is 4.68. The van der Waals surface area contributed by atoms with Crippen LogP contribution in [0.4, 0.5) is 0 Å². The monoisotopic (exact) mass is 126 g/mol. The molecule has 0 aliphatic heterocycles. The second-order valence-electron chi connectivity index (χ2n) is 1.32. The van der Waals surface area contributed by atoms with Gasteiger partial charge in [-0.05, 0) is 6.92 Å². The molecule has 0 aromatic heterocycles. The Morgan fingerprint density at radius 2 is 2.00 bits per heavy atom. The molecule has 0 saturated heterocycles. The third-order valence-electron chi connectivity index (χ3n) is 0.599. The van der Waals surface area contributed by atoms with Crippen molar-refractivity contribution in [3.8, 4) is 0 Å². The molecule has 0 N–H and O–H groups in total. The fourth-order valence-electron chi connectivity index (χ4n) is 0.303. The van der Waals surface area contributed by atoms with Gasteiger partial charge in [0.2, 0.25) is 0 Å². The molecule has 0 aromatic carbocycles. The van der Waals surface area contributed by atoms with Gasteiger partial charge in [0.25, 0.3) is 0 Å². The molecule has 50 valence electrons. The lowest BCUT2D eigenvalue weighted by Gasteiger charge is -1.96. The number of hydrogen-bond donors (Lipinski definition) is 0. The molecule has 0 unspecified atom stereocenters. The van der Waals surface area contributed by atoms with Gasteiger partial charge in [0.1, 0.15) is 12.0 Å². The normalized spacial score (nSPS) is 10.1. The van der Waals surface area contributed by atoms with Gasteiger partial charge in [-0.25, -0.2) is 0 Å². The molecule has 0 spiro atoms. The summed E-state index contributed by atoms with van der Waals surface area (Å²) in [4.78, 5) is 0. The van der Waals surface area contributed by atoms with Crippen molar-refractivity contribution in [3.63, 3.8) is 0 Å². The van der Waals surface area contributed by atoms with E-state index < -0.39 is 0 Å². The first kappa shape index (κ1) is 7.82. The van der Waals surface area contributed by atoms with E-state index in [0.29, 0.717) is 5.76 Å². The smallest absolute Gasteiger partial charge is 0.135 e. The van der Waals surface area contributed by atoms with Crippen LogP contribution in [0.15, 0.2) is 37.7 Å². The molecule has 0 heterocycles. The van der Waals surface area contributed by atoms with Crippen LogP contribution in [0.5, 0.6) is 0 Å². The Hall–Kier alpha value is -1.18. The summed E-state index contributed by atoms with van der Waals surface area (Å²) in [6.07, 6.45) is 4.09. The zero-order chi connectivity index (χ0) is 7.11. The van der Waals surface area contributed by atoms with Crippen molar-refractivity contribution in [2.24, 2.45) is 0 Å². The SMILES string of the molecule is C=CO/C=C(/C)OC=C. The topological polar surface area (TPSA) is 18.5 Å². The van der Waals surface area contributed by atoms with Crippen LogP contribution in [0.1, 0.15) is 6.92 Å². The summed E-state index contributed by atoms with van der Waals surface area (Å²) in [7, 11) is 0. The molecule has 0 amide bonds. The van der Waals surface area contributed by atoms with E-state index in [1.54, 1.807) is 6.92 Å². The van der Waals surface area contributed by atoms with Crippen LogP contribution in [0.25, 0.3) is 0 Å². The molecule has 2 heteroatoms. The number of rotatable bonds is 4. The maximum atomic E-state index is 4.80. The molecule has 0 radical (unpaired) electrons. The van der Waals surface area contributed by atoms with Gasteiger partial charge in [0.05, 0.1) is 12.5 Å². The van der Waals surface area contributed by atoms with Gasteiger partial charge < -0.3 is 9.47 Å². The lowest BCUT2D eigenvalue weighted by atomic mass is 10.6. The molecule has 9 heavy (non-hydrogen) atoms. The highest BCUT2D eigenvalue weighted by Crippen LogP contribution is 1.94. The van der Waals surface area contributed by atoms with Crippen molar-refractivity contribution in [3.05, 3.63) is 37.7 Å². The molecule has 0 atom stereocenters. The van der Waals surface area contributed by atoms with Gasteiger partial charge in [-0.2, -0.15) is 0 Å². The van der Waals surface area contributed by atoms with Gasteiger partial charge in [-0.1, -0.05) is 13.2 Å². The molecular formula is C7H10O2. The average molecular weight is 126 g/mol. The van der Waals surface area contributed by atoms with Crippen LogP contribution < -0.4 is 0 Å². The van der Waals surface area contributed by atoms with Gasteiger partial charge in [-0.3, -0.25) is 0 Å². The Kier molecular flexibility index (Phi) is 4.32. The van der Waals surface area contributed by atoms with Crippen LogP contribution in [-0.2, 0) is 9.47 Å². The molecule has 0 fully saturated rings. The van der Waals surface area contributed by atoms with E-state index in [9.17, 15) is 0 Å². The van der Waals surface area contributed by atoms with Gasteiger partial charge in [0.15, 0.2) is 0 Å². The standard InChI is InChI=1S/C7H10O2/c1-4-8-6-7(3)9-5-2/h4-6H,1-2H2,3H3/b7-6-. The molecule has 0 aliphatic carbocycles. The number of ether oxygens (including phenoxy) is 2. The molecule has 0 bridgehead atoms. The first-order valence-corrected chi connectivity index (χ1v) is 2.52. The summed E-state index contributed by atoms with van der Waals surface area (Å²) in [5.41, 5.74) is 0. The highest BCUT2D eigenvalue weighted by Gasteiger charge is 1.81. The molecule has 2 nitrogen and oxygen atoms in total. The van der Waals surface area contributed by atoms with Crippen molar-refractivity contribution in [2.45, 2.75) is 6.92 Å². The lowest BCUT2D eigenvalue weighted by Crippen LogP contribution is -1.77. The van der Waals surface area contributed by atoms with Crippen molar-refractivity contribution < 1.29 is 9.47 Å². The quantitative estimate of drug-likeness (QED) is 0.537. The van der Waals surface area contributed by atoms with E-state index in [1.807, 2.05) is 0 Å². The van der Waals surface area contributed by atoms with E-state index in [-0.39, 0.29) is 0 Å². The summed E-state index contributed by atoms with van der Waals surface area (Å²) >= 11 is 0. The van der Waals surface area contributed by atoms with Crippen molar-refractivity contribution in [1.82, 2.24) is 0 Å². The second-order valence-corrected chi connectivity index (χ2v) is 1.32. The Morgan fingerprint density at radius 1 is 1.33 bits per heavy atom. The second kappa shape index (κ2) is 4.97. The largest absolute Gasteiger partial charge is 0.470 e. The zero-order valence-electron chi connectivity index (χ0n) is 5.46. The fraction of sp³-hybridized carbons (Fsp3) is 0.143. The Balaban J connectivity index is 3.53. The first-order chi connectivity index (χ1) is 4.31. The van der Waals surface area contributed by atoms with Gasteiger partial charge in [0, 0.05) is 0 Å². The average Bonchev–Trinajstić information content (AvgIpc) is 1.85. The predicted molar refractivity (Wildman–Crippen MR) is 36.3 cm³/mol.